The molecule has 0 amide bonds. The molecule has 0 aliphatic heterocycles. The van der Waals surface area contributed by atoms with E-state index in [1.807, 2.05) is 19.1 Å². The molecule has 6 heteroatoms. The second-order valence-corrected chi connectivity index (χ2v) is 7.06. The van der Waals surface area contributed by atoms with Gasteiger partial charge < -0.3 is 4.98 Å². The summed E-state index contributed by atoms with van der Waals surface area (Å²) in [5, 5.41) is 0.151. The van der Waals surface area contributed by atoms with Crippen molar-refractivity contribution in [3.63, 3.8) is 0 Å². The van der Waals surface area contributed by atoms with Crippen LogP contribution in [0.2, 0.25) is 0 Å². The average molecular weight is 305 g/mol. The molecule has 1 unspecified atom stereocenters. The molecule has 21 heavy (non-hydrogen) atoms. The highest BCUT2D eigenvalue weighted by Crippen LogP contribution is 2.22. The Hall–Kier alpha value is -1.66. The Labute approximate surface area is 124 Å². The maximum absolute atomic E-state index is 12.4. The van der Waals surface area contributed by atoms with E-state index >= 15 is 0 Å². The highest BCUT2D eigenvalue weighted by molar-refractivity contribution is 7.89. The summed E-state index contributed by atoms with van der Waals surface area (Å²) in [6, 6.07) is 8.15. The lowest BCUT2D eigenvalue weighted by atomic mass is 9.89. The molecule has 1 heterocycles. The monoisotopic (exact) mass is 305 g/mol. The normalized spacial score (nSPS) is 18.4. The lowest BCUT2D eigenvalue weighted by Gasteiger charge is -2.24. The van der Waals surface area contributed by atoms with Crippen molar-refractivity contribution in [3.05, 3.63) is 47.4 Å². The first-order chi connectivity index (χ1) is 10.1. The van der Waals surface area contributed by atoms with E-state index in [0.717, 1.165) is 19.3 Å². The number of fused-ring (bicyclic) bond motifs is 1. The van der Waals surface area contributed by atoms with E-state index in [-0.39, 0.29) is 11.1 Å². The molecule has 0 bridgehead atoms. The predicted octanol–water partition coefficient (Wildman–Crippen LogP) is 1.81. The number of aryl methyl sites for hydroxylation is 2. The molecule has 0 radical (unpaired) electrons. The number of nitrogens with zero attached hydrogens (tertiary/aromatic N) is 1. The summed E-state index contributed by atoms with van der Waals surface area (Å²) in [6.45, 7) is 1.93. The Morgan fingerprint density at radius 1 is 1.33 bits per heavy atom. The van der Waals surface area contributed by atoms with Gasteiger partial charge in [0.15, 0.2) is 5.03 Å². The summed E-state index contributed by atoms with van der Waals surface area (Å²) < 4.78 is 27.5. The van der Waals surface area contributed by atoms with Crippen LogP contribution in [0.4, 0.5) is 0 Å². The van der Waals surface area contributed by atoms with Gasteiger partial charge in [0.1, 0.15) is 5.82 Å². The van der Waals surface area contributed by atoms with Crippen molar-refractivity contribution in [1.29, 1.82) is 0 Å². The molecule has 2 aromatic rings. The van der Waals surface area contributed by atoms with Gasteiger partial charge in [-0.25, -0.2) is 18.1 Å². The van der Waals surface area contributed by atoms with Gasteiger partial charge in [-0.15, -0.1) is 0 Å². The van der Waals surface area contributed by atoms with Gasteiger partial charge in [0.2, 0.25) is 0 Å². The third-order valence-corrected chi connectivity index (χ3v) is 5.33. The second kappa shape index (κ2) is 5.61. The fourth-order valence-electron chi connectivity index (χ4n) is 2.74. The van der Waals surface area contributed by atoms with Gasteiger partial charge in [-0.1, -0.05) is 31.2 Å². The van der Waals surface area contributed by atoms with Crippen molar-refractivity contribution < 1.29 is 8.42 Å². The van der Waals surface area contributed by atoms with Crippen LogP contribution in [0.25, 0.3) is 0 Å². The first-order valence-electron chi connectivity index (χ1n) is 7.21. The zero-order valence-electron chi connectivity index (χ0n) is 12.0. The summed E-state index contributed by atoms with van der Waals surface area (Å²) in [5.74, 6) is 0.685. The van der Waals surface area contributed by atoms with Crippen molar-refractivity contribution in [2.45, 2.75) is 43.7 Å². The van der Waals surface area contributed by atoms with Gasteiger partial charge in [-0.05, 0) is 30.4 Å². The van der Waals surface area contributed by atoms with Gasteiger partial charge >= 0.3 is 0 Å². The lowest BCUT2D eigenvalue weighted by Crippen LogP contribution is -2.38. The number of aromatic nitrogens is 2. The number of hydrogen-bond donors (Lipinski definition) is 2. The Morgan fingerprint density at radius 2 is 2.10 bits per heavy atom. The smallest absolute Gasteiger partial charge is 0.257 e. The number of imidazole rings is 1. The summed E-state index contributed by atoms with van der Waals surface area (Å²) in [4.78, 5) is 6.91. The minimum Gasteiger partial charge on any atom is -0.332 e. The largest absolute Gasteiger partial charge is 0.332 e. The van der Waals surface area contributed by atoms with E-state index in [0.29, 0.717) is 12.2 Å². The Kier molecular flexibility index (Phi) is 3.82. The summed E-state index contributed by atoms with van der Waals surface area (Å²) in [7, 11) is -3.52. The number of aromatic amines is 1. The van der Waals surface area contributed by atoms with Gasteiger partial charge in [-0.2, -0.15) is 0 Å². The number of rotatable bonds is 4. The maximum atomic E-state index is 12.4. The Morgan fingerprint density at radius 3 is 2.81 bits per heavy atom. The van der Waals surface area contributed by atoms with Crippen LogP contribution < -0.4 is 4.72 Å². The Bertz CT molecular complexity index is 737. The van der Waals surface area contributed by atoms with Crippen LogP contribution in [-0.4, -0.2) is 24.4 Å². The first-order valence-corrected chi connectivity index (χ1v) is 8.70. The van der Waals surface area contributed by atoms with E-state index < -0.39 is 10.0 Å². The minimum atomic E-state index is -3.52. The van der Waals surface area contributed by atoms with Gasteiger partial charge in [0, 0.05) is 12.5 Å². The molecule has 0 saturated carbocycles. The molecule has 1 aliphatic carbocycles. The third-order valence-electron chi connectivity index (χ3n) is 3.90. The van der Waals surface area contributed by atoms with Crippen LogP contribution in [0.1, 0.15) is 30.3 Å². The molecule has 0 spiro atoms. The first kappa shape index (κ1) is 14.3. The van der Waals surface area contributed by atoms with E-state index in [1.165, 1.54) is 17.3 Å². The molecule has 1 aromatic heterocycles. The van der Waals surface area contributed by atoms with Crippen molar-refractivity contribution in [2.75, 3.05) is 0 Å². The molecule has 112 valence electrons. The topological polar surface area (TPSA) is 74.8 Å². The molecule has 5 nitrogen and oxygen atoms in total. The highest BCUT2D eigenvalue weighted by Gasteiger charge is 2.25. The van der Waals surface area contributed by atoms with Crippen LogP contribution >= 0.6 is 0 Å². The van der Waals surface area contributed by atoms with Crippen LogP contribution in [0, 0.1) is 0 Å². The third kappa shape index (κ3) is 3.01. The summed E-state index contributed by atoms with van der Waals surface area (Å²) in [5.41, 5.74) is 2.55. The zero-order chi connectivity index (χ0) is 14.9. The molecular weight excluding hydrogens is 286 g/mol. The van der Waals surface area contributed by atoms with E-state index in [2.05, 4.69) is 26.8 Å². The highest BCUT2D eigenvalue weighted by atomic mass is 32.2. The molecule has 0 saturated heterocycles. The zero-order valence-corrected chi connectivity index (χ0v) is 12.8. The Balaban J connectivity index is 1.75. The lowest BCUT2D eigenvalue weighted by molar-refractivity contribution is 0.506. The molecular formula is C15H19N3O2S. The summed E-state index contributed by atoms with van der Waals surface area (Å²) >= 11 is 0. The molecule has 0 fully saturated rings. The van der Waals surface area contributed by atoms with Gasteiger partial charge in [0.05, 0.1) is 6.20 Å². The number of sulfonamides is 1. The van der Waals surface area contributed by atoms with E-state index in [1.54, 1.807) is 0 Å². The fourth-order valence-corrected chi connectivity index (χ4v) is 3.95. The number of hydrogen-bond acceptors (Lipinski definition) is 3. The predicted molar refractivity (Wildman–Crippen MR) is 80.5 cm³/mol. The molecule has 3 rings (SSSR count). The van der Waals surface area contributed by atoms with Crippen LogP contribution in [0.5, 0.6) is 0 Å². The van der Waals surface area contributed by atoms with Crippen molar-refractivity contribution in [2.24, 2.45) is 0 Å². The molecule has 1 aliphatic rings. The van der Waals surface area contributed by atoms with E-state index in [9.17, 15) is 8.42 Å². The number of benzene rings is 1. The van der Waals surface area contributed by atoms with Gasteiger partial charge in [-0.3, -0.25) is 0 Å². The average Bonchev–Trinajstić information content (AvgIpc) is 2.96. The maximum Gasteiger partial charge on any atom is 0.257 e. The van der Waals surface area contributed by atoms with Crippen LogP contribution in [0.15, 0.2) is 35.5 Å². The fraction of sp³-hybridized carbons (Fsp3) is 0.400. The van der Waals surface area contributed by atoms with Crippen molar-refractivity contribution in [3.8, 4) is 0 Å². The van der Waals surface area contributed by atoms with Crippen molar-refractivity contribution >= 4 is 10.0 Å². The van der Waals surface area contributed by atoms with Crippen LogP contribution in [-0.2, 0) is 29.3 Å². The number of H-pyrrole nitrogens is 1. The molecule has 1 atom stereocenters. The minimum absolute atomic E-state index is 0.0572. The molecule has 2 N–H and O–H groups in total. The second-order valence-electron chi connectivity index (χ2n) is 5.38. The molecule has 1 aromatic carbocycles. The SMILES string of the molecule is CCc1ncc(S(=O)(=O)NC2CCc3ccccc3C2)[nH]1. The van der Waals surface area contributed by atoms with E-state index in [4.69, 9.17) is 0 Å². The van der Waals surface area contributed by atoms with Crippen LogP contribution in [0.3, 0.4) is 0 Å². The standard InChI is InChI=1S/C15H19N3O2S/c1-2-14-16-10-15(17-14)21(19,20)18-13-8-7-11-5-3-4-6-12(11)9-13/h3-6,10,13,18H,2,7-9H2,1H3,(H,16,17). The quantitative estimate of drug-likeness (QED) is 0.904. The van der Waals surface area contributed by atoms with Crippen molar-refractivity contribution in [1.82, 2.24) is 14.7 Å². The van der Waals surface area contributed by atoms with Gasteiger partial charge in [0.25, 0.3) is 10.0 Å². The number of nitrogens with one attached hydrogen (secondary N) is 2. The summed E-state index contributed by atoms with van der Waals surface area (Å²) in [6.07, 6.45) is 4.55.